The maximum Gasteiger partial charge on any atom is 0.317 e. The van der Waals surface area contributed by atoms with Crippen LogP contribution in [0.1, 0.15) is 32.6 Å². The van der Waals surface area contributed by atoms with Gasteiger partial charge in [0.2, 0.25) is 10.0 Å². The largest absolute Gasteiger partial charge is 0.376 e. The Morgan fingerprint density at radius 3 is 2.48 bits per heavy atom. The topological polar surface area (TPSA) is 87.7 Å². The molecule has 0 aromatic carbocycles. The number of carbonyl (C=O) groups is 1. The fraction of sp³-hybridized carbons (Fsp3) is 0.923. The van der Waals surface area contributed by atoms with E-state index in [0.717, 1.165) is 25.7 Å². The van der Waals surface area contributed by atoms with Gasteiger partial charge in [0.25, 0.3) is 0 Å². The molecule has 2 amide bonds. The van der Waals surface area contributed by atoms with Crippen molar-refractivity contribution in [1.82, 2.24) is 14.9 Å². The molecule has 2 saturated heterocycles. The van der Waals surface area contributed by atoms with Crippen molar-refractivity contribution >= 4 is 16.1 Å². The number of hydrogen-bond donors (Lipinski definition) is 2. The summed E-state index contributed by atoms with van der Waals surface area (Å²) in [6.07, 6.45) is 4.60. The van der Waals surface area contributed by atoms with Crippen LogP contribution in [0.25, 0.3) is 0 Å². The molecule has 122 valence electrons. The van der Waals surface area contributed by atoms with Crippen molar-refractivity contribution in [3.05, 3.63) is 0 Å². The second-order valence-corrected chi connectivity index (χ2v) is 7.72. The number of nitrogens with zero attached hydrogens (tertiary/aromatic N) is 1. The minimum absolute atomic E-state index is 0.00636. The highest BCUT2D eigenvalue weighted by atomic mass is 32.2. The van der Waals surface area contributed by atoms with Gasteiger partial charge in [-0.05, 0) is 32.6 Å². The number of rotatable bonds is 4. The van der Waals surface area contributed by atoms with Crippen molar-refractivity contribution in [2.75, 3.05) is 26.0 Å². The number of amides is 2. The lowest BCUT2D eigenvalue weighted by atomic mass is 10.1. The fourth-order valence-electron chi connectivity index (χ4n) is 2.88. The molecule has 0 spiro atoms. The van der Waals surface area contributed by atoms with Crippen LogP contribution in [-0.2, 0) is 14.8 Å². The predicted molar refractivity (Wildman–Crippen MR) is 79.5 cm³/mol. The molecule has 2 rings (SSSR count). The lowest BCUT2D eigenvalue weighted by Crippen LogP contribution is -2.52. The summed E-state index contributed by atoms with van der Waals surface area (Å²) in [4.78, 5) is 13.9. The molecule has 0 saturated carbocycles. The van der Waals surface area contributed by atoms with Crippen molar-refractivity contribution in [3.8, 4) is 0 Å². The molecule has 2 aliphatic heterocycles. The zero-order chi connectivity index (χ0) is 15.5. The average Bonchev–Trinajstić information content (AvgIpc) is 2.91. The van der Waals surface area contributed by atoms with E-state index in [9.17, 15) is 13.2 Å². The number of piperidine rings is 1. The second kappa shape index (κ2) is 6.93. The maximum atomic E-state index is 12.2. The first-order valence-corrected chi connectivity index (χ1v) is 9.38. The molecule has 0 unspecified atom stereocenters. The van der Waals surface area contributed by atoms with Crippen molar-refractivity contribution in [1.29, 1.82) is 0 Å². The molecule has 2 fully saturated rings. The molecular formula is C13H25N3O4S. The van der Waals surface area contributed by atoms with Crippen molar-refractivity contribution < 1.29 is 17.9 Å². The molecule has 0 radical (unpaired) electrons. The average molecular weight is 319 g/mol. The van der Waals surface area contributed by atoms with E-state index in [2.05, 4.69) is 10.0 Å². The minimum atomic E-state index is -3.18. The standard InChI is InChI=1S/C13H25N3O4S/c1-10(12-4-3-9-20-12)14-13(17)16-7-5-11(6-8-16)15-21(2,18)19/h10-12,15H,3-9H2,1-2H3,(H,14,17)/t10-,12+/m1/s1. The summed E-state index contributed by atoms with van der Waals surface area (Å²) in [6, 6.07) is -0.151. The molecule has 8 heteroatoms. The monoisotopic (exact) mass is 319 g/mol. The number of hydrogen-bond acceptors (Lipinski definition) is 4. The van der Waals surface area contributed by atoms with Gasteiger partial charge >= 0.3 is 6.03 Å². The lowest BCUT2D eigenvalue weighted by Gasteiger charge is -2.33. The normalized spacial score (nSPS) is 25.8. The molecule has 0 aliphatic carbocycles. The van der Waals surface area contributed by atoms with E-state index in [1.54, 1.807) is 4.90 Å². The van der Waals surface area contributed by atoms with Crippen molar-refractivity contribution in [3.63, 3.8) is 0 Å². The van der Waals surface area contributed by atoms with Gasteiger partial charge in [0.1, 0.15) is 0 Å². The molecule has 2 N–H and O–H groups in total. The van der Waals surface area contributed by atoms with E-state index >= 15 is 0 Å². The summed E-state index contributed by atoms with van der Waals surface area (Å²) in [5.74, 6) is 0. The van der Waals surface area contributed by atoms with Crippen molar-refractivity contribution in [2.24, 2.45) is 0 Å². The first-order valence-electron chi connectivity index (χ1n) is 7.49. The SMILES string of the molecule is C[C@@H](NC(=O)N1CCC(NS(C)(=O)=O)CC1)[C@@H]1CCCO1. The van der Waals surface area contributed by atoms with Gasteiger partial charge in [-0.2, -0.15) is 0 Å². The first-order chi connectivity index (χ1) is 9.85. The van der Waals surface area contributed by atoms with Gasteiger partial charge in [0.05, 0.1) is 18.4 Å². The molecule has 0 aromatic heterocycles. The number of urea groups is 1. The van der Waals surface area contributed by atoms with E-state index in [-0.39, 0.29) is 24.2 Å². The molecule has 7 nitrogen and oxygen atoms in total. The van der Waals surface area contributed by atoms with Gasteiger partial charge in [-0.15, -0.1) is 0 Å². The molecule has 21 heavy (non-hydrogen) atoms. The summed E-state index contributed by atoms with van der Waals surface area (Å²) in [7, 11) is -3.18. The number of ether oxygens (including phenoxy) is 1. The van der Waals surface area contributed by atoms with E-state index in [0.29, 0.717) is 25.9 Å². The Balaban J connectivity index is 1.75. The third kappa shape index (κ3) is 5.12. The van der Waals surface area contributed by atoms with Gasteiger partial charge in [-0.3, -0.25) is 0 Å². The van der Waals surface area contributed by atoms with Crippen LogP contribution in [0.5, 0.6) is 0 Å². The van der Waals surface area contributed by atoms with Crippen LogP contribution in [-0.4, -0.2) is 63.5 Å². The van der Waals surface area contributed by atoms with Crippen LogP contribution in [0.2, 0.25) is 0 Å². The highest BCUT2D eigenvalue weighted by Crippen LogP contribution is 2.16. The molecular weight excluding hydrogens is 294 g/mol. The highest BCUT2D eigenvalue weighted by molar-refractivity contribution is 7.88. The third-order valence-corrected chi connectivity index (χ3v) is 4.80. The Bertz CT molecular complexity index is 454. The molecule has 0 bridgehead atoms. The van der Waals surface area contributed by atoms with Crippen molar-refractivity contribution in [2.45, 2.75) is 50.8 Å². The summed E-state index contributed by atoms with van der Waals surface area (Å²) in [5, 5.41) is 2.98. The van der Waals surface area contributed by atoms with E-state index in [1.807, 2.05) is 6.92 Å². The van der Waals surface area contributed by atoms with E-state index in [1.165, 1.54) is 0 Å². The van der Waals surface area contributed by atoms with Crippen LogP contribution in [0.4, 0.5) is 4.79 Å². The van der Waals surface area contributed by atoms with E-state index in [4.69, 9.17) is 4.74 Å². The summed E-state index contributed by atoms with van der Waals surface area (Å²) in [5.41, 5.74) is 0. The fourth-order valence-corrected chi connectivity index (χ4v) is 3.72. The Morgan fingerprint density at radius 2 is 1.95 bits per heavy atom. The first kappa shape index (κ1) is 16.5. The number of likely N-dealkylation sites (tertiary alicyclic amines) is 1. The van der Waals surface area contributed by atoms with Crippen LogP contribution in [0.15, 0.2) is 0 Å². The quantitative estimate of drug-likeness (QED) is 0.779. The highest BCUT2D eigenvalue weighted by Gasteiger charge is 2.28. The van der Waals surface area contributed by atoms with Crippen LogP contribution >= 0.6 is 0 Å². The Kier molecular flexibility index (Phi) is 5.45. The minimum Gasteiger partial charge on any atom is -0.376 e. The lowest BCUT2D eigenvalue weighted by molar-refractivity contribution is 0.0824. The zero-order valence-corrected chi connectivity index (χ0v) is 13.5. The Morgan fingerprint density at radius 1 is 1.29 bits per heavy atom. The summed E-state index contributed by atoms with van der Waals surface area (Å²) < 4.78 is 30.5. The summed E-state index contributed by atoms with van der Waals surface area (Å²) in [6.45, 7) is 3.87. The Hall–Kier alpha value is -0.860. The molecule has 2 atom stereocenters. The number of nitrogens with one attached hydrogen (secondary N) is 2. The maximum absolute atomic E-state index is 12.2. The van der Waals surface area contributed by atoms with Crippen LogP contribution in [0.3, 0.4) is 0 Å². The van der Waals surface area contributed by atoms with Gasteiger partial charge in [-0.1, -0.05) is 0 Å². The Labute approximate surface area is 126 Å². The van der Waals surface area contributed by atoms with Crippen LogP contribution < -0.4 is 10.0 Å². The number of carbonyl (C=O) groups excluding carboxylic acids is 1. The third-order valence-electron chi connectivity index (χ3n) is 4.04. The van der Waals surface area contributed by atoms with Gasteiger partial charge < -0.3 is 15.0 Å². The smallest absolute Gasteiger partial charge is 0.317 e. The van der Waals surface area contributed by atoms with Gasteiger partial charge in [-0.25, -0.2) is 17.9 Å². The predicted octanol–water partition coefficient (Wildman–Crippen LogP) is 0.277. The summed E-state index contributed by atoms with van der Waals surface area (Å²) >= 11 is 0. The molecule has 2 aliphatic rings. The van der Waals surface area contributed by atoms with Gasteiger partial charge in [0.15, 0.2) is 0 Å². The van der Waals surface area contributed by atoms with Gasteiger partial charge in [0, 0.05) is 25.7 Å². The molecule has 2 heterocycles. The van der Waals surface area contributed by atoms with Crippen LogP contribution in [0, 0.1) is 0 Å². The molecule has 0 aromatic rings. The second-order valence-electron chi connectivity index (χ2n) is 5.94. The van der Waals surface area contributed by atoms with E-state index < -0.39 is 10.0 Å². The zero-order valence-electron chi connectivity index (χ0n) is 12.7. The number of sulfonamides is 1.